The van der Waals surface area contributed by atoms with Crippen molar-refractivity contribution in [3.05, 3.63) is 71.9 Å². The summed E-state index contributed by atoms with van der Waals surface area (Å²) >= 11 is 0. The number of aromatic nitrogens is 1. The van der Waals surface area contributed by atoms with Crippen molar-refractivity contribution < 1.29 is 4.79 Å². The minimum absolute atomic E-state index is 0.0908. The zero-order chi connectivity index (χ0) is 17.6. The van der Waals surface area contributed by atoms with Crippen molar-refractivity contribution >= 4 is 16.8 Å². The molecule has 0 aliphatic rings. The molecule has 0 saturated heterocycles. The fourth-order valence-electron chi connectivity index (χ4n) is 3.16. The van der Waals surface area contributed by atoms with E-state index in [2.05, 4.69) is 39.5 Å². The van der Waals surface area contributed by atoms with Gasteiger partial charge in [-0.05, 0) is 37.7 Å². The molecule has 4 heteroatoms. The Balaban J connectivity index is 1.55. The second kappa shape index (κ2) is 7.99. The molecule has 3 rings (SSSR count). The van der Waals surface area contributed by atoms with Gasteiger partial charge in [-0.15, -0.1) is 0 Å². The molecule has 1 heterocycles. The molecule has 0 bridgehead atoms. The van der Waals surface area contributed by atoms with Crippen LogP contribution in [0.2, 0.25) is 0 Å². The van der Waals surface area contributed by atoms with E-state index in [0.29, 0.717) is 13.0 Å². The summed E-state index contributed by atoms with van der Waals surface area (Å²) in [6.07, 6.45) is 3.25. The van der Waals surface area contributed by atoms with Crippen molar-refractivity contribution in [1.82, 2.24) is 15.2 Å². The van der Waals surface area contributed by atoms with Crippen molar-refractivity contribution in [2.45, 2.75) is 18.9 Å². The summed E-state index contributed by atoms with van der Waals surface area (Å²) in [5.41, 5.74) is 3.53. The number of aryl methyl sites for hydroxylation is 1. The molecule has 2 N–H and O–H groups in total. The van der Waals surface area contributed by atoms with Crippen molar-refractivity contribution in [2.75, 3.05) is 20.6 Å². The molecule has 1 aromatic heterocycles. The lowest BCUT2D eigenvalue weighted by Gasteiger charge is -2.25. The molecule has 0 saturated carbocycles. The van der Waals surface area contributed by atoms with Gasteiger partial charge in [-0.25, -0.2) is 0 Å². The minimum Gasteiger partial charge on any atom is -0.361 e. The molecule has 1 atom stereocenters. The highest BCUT2D eigenvalue weighted by atomic mass is 16.1. The monoisotopic (exact) mass is 335 g/mol. The van der Waals surface area contributed by atoms with Gasteiger partial charge in [0, 0.05) is 30.1 Å². The van der Waals surface area contributed by atoms with Crippen molar-refractivity contribution in [2.24, 2.45) is 0 Å². The SMILES string of the molecule is CN(C)[C@H](CNC(=O)CCc1c[nH]c2ccccc12)c1ccccc1. The van der Waals surface area contributed by atoms with Crippen molar-refractivity contribution in [3.8, 4) is 0 Å². The number of para-hydroxylation sites is 1. The Labute approximate surface area is 148 Å². The number of benzene rings is 2. The first-order chi connectivity index (χ1) is 12.1. The number of nitrogens with zero attached hydrogens (tertiary/aromatic N) is 1. The van der Waals surface area contributed by atoms with E-state index in [1.165, 1.54) is 16.5 Å². The van der Waals surface area contributed by atoms with Crippen LogP contribution < -0.4 is 5.32 Å². The lowest BCUT2D eigenvalue weighted by molar-refractivity contribution is -0.121. The number of H-pyrrole nitrogens is 1. The molecule has 130 valence electrons. The number of aromatic amines is 1. The Bertz CT molecular complexity index is 823. The van der Waals surface area contributed by atoms with Crippen LogP contribution in [0.25, 0.3) is 10.9 Å². The molecule has 2 aromatic carbocycles. The predicted octanol–water partition coefficient (Wildman–Crippen LogP) is 3.52. The summed E-state index contributed by atoms with van der Waals surface area (Å²) in [4.78, 5) is 17.7. The number of likely N-dealkylation sites (N-methyl/N-ethyl adjacent to an activating group) is 1. The van der Waals surface area contributed by atoms with E-state index in [1.807, 2.05) is 50.6 Å². The molecular formula is C21H25N3O. The van der Waals surface area contributed by atoms with Gasteiger partial charge >= 0.3 is 0 Å². The summed E-state index contributed by atoms with van der Waals surface area (Å²) in [5.74, 6) is 0.0908. The molecule has 0 radical (unpaired) electrons. The molecule has 0 fully saturated rings. The van der Waals surface area contributed by atoms with Crippen molar-refractivity contribution in [1.29, 1.82) is 0 Å². The number of amides is 1. The standard InChI is InChI=1S/C21H25N3O/c1-24(2)20(16-8-4-3-5-9-16)15-23-21(25)13-12-17-14-22-19-11-7-6-10-18(17)19/h3-11,14,20,22H,12-13,15H2,1-2H3,(H,23,25)/t20-/m1/s1. The topological polar surface area (TPSA) is 48.1 Å². The Morgan fingerprint density at radius 1 is 1.08 bits per heavy atom. The summed E-state index contributed by atoms with van der Waals surface area (Å²) in [5, 5.41) is 4.28. The average molecular weight is 335 g/mol. The minimum atomic E-state index is 0.0908. The van der Waals surface area contributed by atoms with E-state index < -0.39 is 0 Å². The van der Waals surface area contributed by atoms with Crippen LogP contribution in [-0.2, 0) is 11.2 Å². The highest BCUT2D eigenvalue weighted by Crippen LogP contribution is 2.19. The zero-order valence-electron chi connectivity index (χ0n) is 14.8. The molecule has 3 aromatic rings. The van der Waals surface area contributed by atoms with E-state index in [4.69, 9.17) is 0 Å². The fourth-order valence-corrected chi connectivity index (χ4v) is 3.16. The number of carbonyl (C=O) groups is 1. The number of fused-ring (bicyclic) bond motifs is 1. The van der Waals surface area contributed by atoms with Crippen LogP contribution in [0.3, 0.4) is 0 Å². The van der Waals surface area contributed by atoms with Crippen molar-refractivity contribution in [3.63, 3.8) is 0 Å². The smallest absolute Gasteiger partial charge is 0.220 e. The quantitative estimate of drug-likeness (QED) is 0.694. The molecule has 4 nitrogen and oxygen atoms in total. The van der Waals surface area contributed by atoms with Gasteiger partial charge in [-0.1, -0.05) is 48.5 Å². The van der Waals surface area contributed by atoms with Crippen LogP contribution in [0.1, 0.15) is 23.6 Å². The van der Waals surface area contributed by atoms with Crippen LogP contribution in [0.5, 0.6) is 0 Å². The molecule has 0 unspecified atom stereocenters. The number of hydrogen-bond donors (Lipinski definition) is 2. The first-order valence-electron chi connectivity index (χ1n) is 8.68. The first-order valence-corrected chi connectivity index (χ1v) is 8.68. The molecular weight excluding hydrogens is 310 g/mol. The summed E-state index contributed by atoms with van der Waals surface area (Å²) in [7, 11) is 4.07. The number of nitrogens with one attached hydrogen (secondary N) is 2. The third kappa shape index (κ3) is 4.28. The average Bonchev–Trinajstić information content (AvgIpc) is 3.04. The zero-order valence-corrected chi connectivity index (χ0v) is 14.8. The van der Waals surface area contributed by atoms with E-state index in [-0.39, 0.29) is 11.9 Å². The second-order valence-electron chi connectivity index (χ2n) is 6.55. The molecule has 25 heavy (non-hydrogen) atoms. The van der Waals surface area contributed by atoms with E-state index in [0.717, 1.165) is 11.9 Å². The summed E-state index contributed by atoms with van der Waals surface area (Å²) in [6, 6.07) is 18.6. The van der Waals surface area contributed by atoms with Gasteiger partial charge in [-0.2, -0.15) is 0 Å². The van der Waals surface area contributed by atoms with Gasteiger partial charge < -0.3 is 15.2 Å². The summed E-state index contributed by atoms with van der Waals surface area (Å²) in [6.45, 7) is 0.615. The van der Waals surface area contributed by atoms with E-state index in [1.54, 1.807) is 0 Å². The Hall–Kier alpha value is -2.59. The third-order valence-electron chi connectivity index (χ3n) is 4.60. The molecule has 0 spiro atoms. The van der Waals surface area contributed by atoms with Crippen LogP contribution in [0.4, 0.5) is 0 Å². The molecule has 1 amide bonds. The lowest BCUT2D eigenvalue weighted by Crippen LogP contribution is -2.34. The van der Waals surface area contributed by atoms with Gasteiger partial charge in [-0.3, -0.25) is 4.79 Å². The second-order valence-corrected chi connectivity index (χ2v) is 6.55. The first kappa shape index (κ1) is 17.2. The van der Waals surface area contributed by atoms with Crippen LogP contribution in [-0.4, -0.2) is 36.4 Å². The lowest BCUT2D eigenvalue weighted by atomic mass is 10.1. The Morgan fingerprint density at radius 3 is 2.56 bits per heavy atom. The molecule has 0 aliphatic carbocycles. The Morgan fingerprint density at radius 2 is 1.80 bits per heavy atom. The maximum atomic E-state index is 12.3. The van der Waals surface area contributed by atoms with Crippen LogP contribution >= 0.6 is 0 Å². The normalized spacial score (nSPS) is 12.4. The number of rotatable bonds is 7. The van der Waals surface area contributed by atoms with Gasteiger partial charge in [0.25, 0.3) is 0 Å². The Kier molecular flexibility index (Phi) is 5.51. The highest BCUT2D eigenvalue weighted by Gasteiger charge is 2.15. The van der Waals surface area contributed by atoms with Gasteiger partial charge in [0.05, 0.1) is 6.04 Å². The number of carbonyl (C=O) groups excluding carboxylic acids is 1. The summed E-state index contributed by atoms with van der Waals surface area (Å²) < 4.78 is 0. The van der Waals surface area contributed by atoms with Gasteiger partial charge in [0.15, 0.2) is 0 Å². The maximum absolute atomic E-state index is 12.3. The van der Waals surface area contributed by atoms with Gasteiger partial charge in [0.1, 0.15) is 0 Å². The molecule has 0 aliphatic heterocycles. The maximum Gasteiger partial charge on any atom is 0.220 e. The van der Waals surface area contributed by atoms with Gasteiger partial charge in [0.2, 0.25) is 5.91 Å². The van der Waals surface area contributed by atoms with Crippen LogP contribution in [0, 0.1) is 0 Å². The van der Waals surface area contributed by atoms with Crippen LogP contribution in [0.15, 0.2) is 60.8 Å². The number of hydrogen-bond acceptors (Lipinski definition) is 2. The predicted molar refractivity (Wildman–Crippen MR) is 102 cm³/mol. The van der Waals surface area contributed by atoms with E-state index in [9.17, 15) is 4.79 Å². The largest absolute Gasteiger partial charge is 0.361 e. The fraction of sp³-hybridized carbons (Fsp3) is 0.286. The third-order valence-corrected chi connectivity index (χ3v) is 4.60. The van der Waals surface area contributed by atoms with E-state index >= 15 is 0 Å². The highest BCUT2D eigenvalue weighted by molar-refractivity contribution is 5.84.